The first-order valence-corrected chi connectivity index (χ1v) is 8.43. The van der Waals surface area contributed by atoms with E-state index in [0.29, 0.717) is 36.9 Å². The van der Waals surface area contributed by atoms with Gasteiger partial charge in [-0.05, 0) is 18.2 Å². The third-order valence-electron chi connectivity index (χ3n) is 4.21. The minimum atomic E-state index is -0.351. The van der Waals surface area contributed by atoms with Gasteiger partial charge in [0, 0.05) is 37.2 Å². The minimum absolute atomic E-state index is 0.181. The maximum Gasteiger partial charge on any atom is 0.258 e. The Labute approximate surface area is 146 Å². The van der Waals surface area contributed by atoms with Crippen LogP contribution in [0.15, 0.2) is 28.8 Å². The molecule has 0 spiro atoms. The van der Waals surface area contributed by atoms with Crippen molar-refractivity contribution in [3.8, 4) is 11.5 Å². The molecule has 0 unspecified atom stereocenters. The van der Waals surface area contributed by atoms with Crippen molar-refractivity contribution < 1.29 is 13.7 Å². The van der Waals surface area contributed by atoms with Gasteiger partial charge in [0.1, 0.15) is 5.82 Å². The summed E-state index contributed by atoms with van der Waals surface area (Å²) in [4.78, 5) is 20.7. The maximum atomic E-state index is 13.3. The zero-order valence-corrected chi connectivity index (χ0v) is 14.8. The number of rotatable bonds is 3. The van der Waals surface area contributed by atoms with E-state index in [1.807, 2.05) is 25.7 Å². The molecule has 1 aromatic carbocycles. The predicted octanol–water partition coefficient (Wildman–Crippen LogP) is 2.57. The molecule has 2 heterocycles. The third kappa shape index (κ3) is 4.22. The zero-order valence-electron chi connectivity index (χ0n) is 14.8. The Morgan fingerprint density at radius 3 is 2.60 bits per heavy atom. The standard InChI is InChI=1S/C18H23FN4O2/c1-18(2,3)17(24)23-9-7-22(8-10-23)12-15-20-16(25-21-15)13-5-4-6-14(19)11-13/h4-6,11H,7-10,12H2,1-3H3. The molecule has 3 rings (SSSR count). The van der Waals surface area contributed by atoms with Crippen LogP contribution in [0.3, 0.4) is 0 Å². The van der Waals surface area contributed by atoms with Crippen LogP contribution >= 0.6 is 0 Å². The number of hydrogen-bond donors (Lipinski definition) is 0. The van der Waals surface area contributed by atoms with Gasteiger partial charge in [0.15, 0.2) is 5.82 Å². The molecule has 1 aliphatic rings. The predicted molar refractivity (Wildman–Crippen MR) is 91.0 cm³/mol. The van der Waals surface area contributed by atoms with Crippen molar-refractivity contribution in [2.75, 3.05) is 26.2 Å². The van der Waals surface area contributed by atoms with Crippen LogP contribution in [0.25, 0.3) is 11.5 Å². The Balaban J connectivity index is 1.57. The Morgan fingerprint density at radius 2 is 1.96 bits per heavy atom. The summed E-state index contributed by atoms with van der Waals surface area (Å²) in [5.74, 6) is 0.725. The van der Waals surface area contributed by atoms with E-state index in [1.165, 1.54) is 12.1 Å². The van der Waals surface area contributed by atoms with E-state index in [1.54, 1.807) is 12.1 Å². The van der Waals surface area contributed by atoms with E-state index in [4.69, 9.17) is 4.52 Å². The lowest BCUT2D eigenvalue weighted by molar-refractivity contribution is -0.141. The number of aromatic nitrogens is 2. The molecule has 134 valence electrons. The van der Waals surface area contributed by atoms with Gasteiger partial charge in [-0.3, -0.25) is 9.69 Å². The lowest BCUT2D eigenvalue weighted by Crippen LogP contribution is -2.51. The number of halogens is 1. The highest BCUT2D eigenvalue weighted by atomic mass is 19.1. The largest absolute Gasteiger partial charge is 0.340 e. The molecule has 1 aromatic heterocycles. The van der Waals surface area contributed by atoms with Gasteiger partial charge in [-0.25, -0.2) is 4.39 Å². The van der Waals surface area contributed by atoms with Gasteiger partial charge in [-0.15, -0.1) is 0 Å². The molecule has 0 aliphatic carbocycles. The molecule has 6 nitrogen and oxygen atoms in total. The van der Waals surface area contributed by atoms with Crippen LogP contribution in [-0.2, 0) is 11.3 Å². The van der Waals surface area contributed by atoms with Gasteiger partial charge >= 0.3 is 0 Å². The monoisotopic (exact) mass is 346 g/mol. The van der Waals surface area contributed by atoms with Crippen molar-refractivity contribution in [1.82, 2.24) is 19.9 Å². The van der Waals surface area contributed by atoms with Gasteiger partial charge in [0.25, 0.3) is 5.89 Å². The summed E-state index contributed by atoms with van der Waals surface area (Å²) in [6, 6.07) is 6.09. The van der Waals surface area contributed by atoms with Crippen molar-refractivity contribution in [2.45, 2.75) is 27.3 Å². The van der Waals surface area contributed by atoms with Crippen LogP contribution in [0, 0.1) is 11.2 Å². The first-order valence-electron chi connectivity index (χ1n) is 8.43. The van der Waals surface area contributed by atoms with Gasteiger partial charge < -0.3 is 9.42 Å². The summed E-state index contributed by atoms with van der Waals surface area (Å²) in [6.45, 7) is 9.31. The molecule has 1 fully saturated rings. The Morgan fingerprint density at radius 1 is 1.24 bits per heavy atom. The van der Waals surface area contributed by atoms with Crippen LogP contribution in [0.4, 0.5) is 4.39 Å². The van der Waals surface area contributed by atoms with Crippen molar-refractivity contribution in [3.05, 3.63) is 35.9 Å². The number of benzene rings is 1. The highest BCUT2D eigenvalue weighted by molar-refractivity contribution is 5.81. The Bertz CT molecular complexity index is 746. The second-order valence-corrected chi connectivity index (χ2v) is 7.34. The molecule has 0 atom stereocenters. The fourth-order valence-electron chi connectivity index (χ4n) is 2.84. The first kappa shape index (κ1) is 17.5. The van der Waals surface area contributed by atoms with Crippen molar-refractivity contribution in [1.29, 1.82) is 0 Å². The fourth-order valence-corrected chi connectivity index (χ4v) is 2.84. The Kier molecular flexibility index (Phi) is 4.85. The molecule has 1 amide bonds. The summed E-state index contributed by atoms with van der Waals surface area (Å²) >= 11 is 0. The second-order valence-electron chi connectivity index (χ2n) is 7.34. The minimum Gasteiger partial charge on any atom is -0.340 e. The molecule has 7 heteroatoms. The molecule has 0 saturated carbocycles. The van der Waals surface area contributed by atoms with E-state index < -0.39 is 0 Å². The molecule has 1 saturated heterocycles. The van der Waals surface area contributed by atoms with Crippen molar-refractivity contribution in [3.63, 3.8) is 0 Å². The van der Waals surface area contributed by atoms with E-state index >= 15 is 0 Å². The van der Waals surface area contributed by atoms with Crippen LogP contribution < -0.4 is 0 Å². The summed E-state index contributed by atoms with van der Waals surface area (Å²) in [7, 11) is 0. The molecular formula is C18H23FN4O2. The van der Waals surface area contributed by atoms with Crippen LogP contribution in [0.2, 0.25) is 0 Å². The summed E-state index contributed by atoms with van der Waals surface area (Å²) in [6.07, 6.45) is 0. The number of amides is 1. The van der Waals surface area contributed by atoms with Gasteiger partial charge in [0.05, 0.1) is 6.54 Å². The number of carbonyl (C=O) groups excluding carboxylic acids is 1. The molecule has 1 aliphatic heterocycles. The maximum absolute atomic E-state index is 13.3. The molecule has 25 heavy (non-hydrogen) atoms. The van der Waals surface area contributed by atoms with E-state index in [2.05, 4.69) is 15.0 Å². The summed E-state index contributed by atoms with van der Waals surface area (Å²) in [5.41, 5.74) is 0.217. The Hall–Kier alpha value is -2.28. The number of piperazine rings is 1. The quantitative estimate of drug-likeness (QED) is 0.855. The summed E-state index contributed by atoms with van der Waals surface area (Å²) < 4.78 is 18.5. The second kappa shape index (κ2) is 6.92. The highest BCUT2D eigenvalue weighted by Crippen LogP contribution is 2.20. The number of nitrogens with zero attached hydrogens (tertiary/aromatic N) is 4. The van der Waals surface area contributed by atoms with Gasteiger partial charge in [-0.1, -0.05) is 32.0 Å². The van der Waals surface area contributed by atoms with Crippen molar-refractivity contribution in [2.24, 2.45) is 5.41 Å². The van der Waals surface area contributed by atoms with Crippen LogP contribution in [-0.4, -0.2) is 52.0 Å². The van der Waals surface area contributed by atoms with Gasteiger partial charge in [-0.2, -0.15) is 4.98 Å². The van der Waals surface area contributed by atoms with E-state index in [0.717, 1.165) is 13.1 Å². The van der Waals surface area contributed by atoms with Crippen LogP contribution in [0.5, 0.6) is 0 Å². The molecule has 0 bridgehead atoms. The molecule has 2 aromatic rings. The number of carbonyl (C=O) groups is 1. The SMILES string of the molecule is CC(C)(C)C(=O)N1CCN(Cc2noc(-c3cccc(F)c3)n2)CC1. The summed E-state index contributed by atoms with van der Waals surface area (Å²) in [5, 5.41) is 3.98. The topological polar surface area (TPSA) is 62.5 Å². The molecule has 0 radical (unpaired) electrons. The van der Waals surface area contributed by atoms with E-state index in [-0.39, 0.29) is 17.1 Å². The third-order valence-corrected chi connectivity index (χ3v) is 4.21. The lowest BCUT2D eigenvalue weighted by Gasteiger charge is -2.37. The normalized spacial score (nSPS) is 16.2. The fraction of sp³-hybridized carbons (Fsp3) is 0.500. The highest BCUT2D eigenvalue weighted by Gasteiger charge is 2.29. The van der Waals surface area contributed by atoms with Crippen LogP contribution in [0.1, 0.15) is 26.6 Å². The van der Waals surface area contributed by atoms with Gasteiger partial charge in [0.2, 0.25) is 5.91 Å². The molecule has 0 N–H and O–H groups in total. The van der Waals surface area contributed by atoms with E-state index in [9.17, 15) is 9.18 Å². The average molecular weight is 346 g/mol. The average Bonchev–Trinajstić information content (AvgIpc) is 3.03. The lowest BCUT2D eigenvalue weighted by atomic mass is 9.94. The van der Waals surface area contributed by atoms with Crippen molar-refractivity contribution >= 4 is 5.91 Å². The molecular weight excluding hydrogens is 323 g/mol. The first-order chi connectivity index (χ1) is 11.8. The smallest absolute Gasteiger partial charge is 0.258 e. The zero-order chi connectivity index (χ0) is 18.0. The number of hydrogen-bond acceptors (Lipinski definition) is 5.